The molecule has 0 aromatic heterocycles. The van der Waals surface area contributed by atoms with E-state index in [0.717, 1.165) is 25.8 Å². The maximum atomic E-state index is 12.0. The van der Waals surface area contributed by atoms with Crippen LogP contribution in [0, 0.1) is 0 Å². The van der Waals surface area contributed by atoms with Gasteiger partial charge in [0.15, 0.2) is 0 Å². The Bertz CT molecular complexity index is 254. The number of nitrogens with zero attached hydrogens (tertiary/aromatic N) is 1. The maximum Gasteiger partial charge on any atom is 0.410 e. The van der Waals surface area contributed by atoms with E-state index in [1.165, 1.54) is 0 Å². The number of hydrogen-bond donors (Lipinski definition) is 1. The largest absolute Gasteiger partial charge is 0.444 e. The molecule has 0 radical (unpaired) electrons. The first-order valence-electron chi connectivity index (χ1n) is 6.05. The average Bonchev–Trinajstić information content (AvgIpc) is 2.59. The fraction of sp³-hybridized carbons (Fsp3) is 0.917. The number of nitrogens with two attached hydrogens (primary N) is 1. The van der Waals surface area contributed by atoms with Crippen LogP contribution < -0.4 is 5.73 Å². The van der Waals surface area contributed by atoms with Crippen molar-refractivity contribution in [1.29, 1.82) is 0 Å². The van der Waals surface area contributed by atoms with E-state index >= 15 is 0 Å². The molecule has 1 atom stereocenters. The van der Waals surface area contributed by atoms with E-state index < -0.39 is 5.60 Å². The monoisotopic (exact) mass is 228 g/mol. The van der Waals surface area contributed by atoms with Gasteiger partial charge in [0.1, 0.15) is 5.60 Å². The fourth-order valence-electron chi connectivity index (χ4n) is 2.26. The molecule has 16 heavy (non-hydrogen) atoms. The van der Waals surface area contributed by atoms with Crippen molar-refractivity contribution in [2.45, 2.75) is 58.1 Å². The van der Waals surface area contributed by atoms with Crippen molar-refractivity contribution in [1.82, 2.24) is 4.90 Å². The molecule has 0 aromatic rings. The highest BCUT2D eigenvalue weighted by atomic mass is 16.6. The lowest BCUT2D eigenvalue weighted by atomic mass is 9.93. The lowest BCUT2D eigenvalue weighted by Crippen LogP contribution is -2.53. The minimum Gasteiger partial charge on any atom is -0.444 e. The van der Waals surface area contributed by atoms with Gasteiger partial charge in [-0.05, 0) is 40.0 Å². The second-order valence-electron chi connectivity index (χ2n) is 5.52. The summed E-state index contributed by atoms with van der Waals surface area (Å²) in [6, 6.07) is 0. The molecule has 0 aromatic carbocycles. The summed E-state index contributed by atoms with van der Waals surface area (Å²) < 4.78 is 5.41. The zero-order chi connectivity index (χ0) is 12.4. The topological polar surface area (TPSA) is 55.6 Å². The van der Waals surface area contributed by atoms with Gasteiger partial charge in [0.25, 0.3) is 0 Å². The normalized spacial score (nSPS) is 25.9. The molecule has 0 spiro atoms. The molecule has 1 fully saturated rings. The van der Waals surface area contributed by atoms with Gasteiger partial charge in [0, 0.05) is 13.1 Å². The molecule has 0 aliphatic carbocycles. The van der Waals surface area contributed by atoms with E-state index in [9.17, 15) is 4.79 Å². The van der Waals surface area contributed by atoms with Crippen molar-refractivity contribution in [3.63, 3.8) is 0 Å². The highest BCUT2D eigenvalue weighted by molar-refractivity contribution is 5.69. The van der Waals surface area contributed by atoms with Crippen LogP contribution >= 0.6 is 0 Å². The van der Waals surface area contributed by atoms with Crippen molar-refractivity contribution in [2.24, 2.45) is 5.73 Å². The van der Waals surface area contributed by atoms with E-state index in [1.54, 1.807) is 0 Å². The number of carbonyl (C=O) groups excluding carboxylic acids is 1. The van der Waals surface area contributed by atoms with Crippen LogP contribution in [0.4, 0.5) is 4.79 Å². The van der Waals surface area contributed by atoms with Gasteiger partial charge in [-0.15, -0.1) is 0 Å². The molecule has 0 unspecified atom stereocenters. The number of likely N-dealkylation sites (tertiary alicyclic amines) is 1. The quantitative estimate of drug-likeness (QED) is 0.787. The van der Waals surface area contributed by atoms with Gasteiger partial charge in [0.2, 0.25) is 0 Å². The minimum absolute atomic E-state index is 0.178. The van der Waals surface area contributed by atoms with Crippen LogP contribution in [0.1, 0.15) is 47.0 Å². The summed E-state index contributed by atoms with van der Waals surface area (Å²) >= 11 is 0. The summed E-state index contributed by atoms with van der Waals surface area (Å²) in [7, 11) is 0. The summed E-state index contributed by atoms with van der Waals surface area (Å²) in [5.74, 6) is 0. The lowest BCUT2D eigenvalue weighted by molar-refractivity contribution is 0.00844. The van der Waals surface area contributed by atoms with E-state index in [0.29, 0.717) is 6.54 Å². The highest BCUT2D eigenvalue weighted by Crippen LogP contribution is 2.32. The Morgan fingerprint density at radius 1 is 1.50 bits per heavy atom. The SMILES string of the molecule is CC[C@@]1(CN)CCCN1C(=O)OC(C)(C)C. The van der Waals surface area contributed by atoms with Crippen molar-refractivity contribution in [2.75, 3.05) is 13.1 Å². The van der Waals surface area contributed by atoms with Gasteiger partial charge in [-0.3, -0.25) is 0 Å². The summed E-state index contributed by atoms with van der Waals surface area (Å²) in [6.45, 7) is 9.02. The molecule has 4 nitrogen and oxygen atoms in total. The van der Waals surface area contributed by atoms with Gasteiger partial charge in [-0.25, -0.2) is 4.79 Å². The first kappa shape index (κ1) is 13.3. The smallest absolute Gasteiger partial charge is 0.410 e. The van der Waals surface area contributed by atoms with E-state index in [1.807, 2.05) is 25.7 Å². The molecule has 1 aliphatic heterocycles. The number of rotatable bonds is 2. The summed E-state index contributed by atoms with van der Waals surface area (Å²) in [6.07, 6.45) is 2.67. The third-order valence-electron chi connectivity index (χ3n) is 3.25. The number of amides is 1. The first-order chi connectivity index (χ1) is 7.34. The Morgan fingerprint density at radius 3 is 2.56 bits per heavy atom. The summed E-state index contributed by atoms with van der Waals surface area (Å²) in [5, 5.41) is 0. The molecule has 0 bridgehead atoms. The molecule has 1 amide bonds. The van der Waals surface area contributed by atoms with Crippen LogP contribution in [0.25, 0.3) is 0 Å². The third kappa shape index (κ3) is 2.67. The van der Waals surface area contributed by atoms with Crippen molar-refractivity contribution < 1.29 is 9.53 Å². The molecular weight excluding hydrogens is 204 g/mol. The molecule has 1 saturated heterocycles. The Balaban J connectivity index is 2.75. The standard InChI is InChI=1S/C12H24N2O2/c1-5-12(9-13)7-6-8-14(12)10(15)16-11(2,3)4/h5-9,13H2,1-4H3/t12-/m0/s1. The number of carbonyl (C=O) groups is 1. The van der Waals surface area contributed by atoms with Crippen LogP contribution in [-0.2, 0) is 4.74 Å². The molecule has 94 valence electrons. The van der Waals surface area contributed by atoms with Gasteiger partial charge in [0.05, 0.1) is 5.54 Å². The first-order valence-corrected chi connectivity index (χ1v) is 6.05. The fourth-order valence-corrected chi connectivity index (χ4v) is 2.26. The molecule has 0 saturated carbocycles. The Hall–Kier alpha value is -0.770. The second kappa shape index (κ2) is 4.62. The van der Waals surface area contributed by atoms with Crippen LogP contribution in [0.5, 0.6) is 0 Å². The Kier molecular flexibility index (Phi) is 3.84. The second-order valence-corrected chi connectivity index (χ2v) is 5.52. The summed E-state index contributed by atoms with van der Waals surface area (Å²) in [5.41, 5.74) is 5.21. The average molecular weight is 228 g/mol. The highest BCUT2D eigenvalue weighted by Gasteiger charge is 2.42. The lowest BCUT2D eigenvalue weighted by Gasteiger charge is -2.37. The Labute approximate surface area is 98.1 Å². The van der Waals surface area contributed by atoms with Crippen LogP contribution in [0.3, 0.4) is 0 Å². The van der Waals surface area contributed by atoms with Gasteiger partial charge < -0.3 is 15.4 Å². The van der Waals surface area contributed by atoms with Crippen molar-refractivity contribution >= 4 is 6.09 Å². The van der Waals surface area contributed by atoms with Gasteiger partial charge in [-0.1, -0.05) is 6.92 Å². The Morgan fingerprint density at radius 2 is 2.12 bits per heavy atom. The number of hydrogen-bond acceptors (Lipinski definition) is 3. The molecule has 4 heteroatoms. The van der Waals surface area contributed by atoms with Crippen LogP contribution in [-0.4, -0.2) is 35.2 Å². The predicted octanol–water partition coefficient (Wildman–Crippen LogP) is 2.12. The third-order valence-corrected chi connectivity index (χ3v) is 3.25. The summed E-state index contributed by atoms with van der Waals surface area (Å²) in [4.78, 5) is 13.9. The molecular formula is C12H24N2O2. The molecule has 2 N–H and O–H groups in total. The minimum atomic E-state index is -0.437. The van der Waals surface area contributed by atoms with E-state index in [4.69, 9.17) is 10.5 Å². The van der Waals surface area contributed by atoms with E-state index in [-0.39, 0.29) is 11.6 Å². The molecule has 1 heterocycles. The van der Waals surface area contributed by atoms with Gasteiger partial charge in [-0.2, -0.15) is 0 Å². The molecule has 1 rings (SSSR count). The molecule has 1 aliphatic rings. The number of ether oxygens (including phenoxy) is 1. The maximum absolute atomic E-state index is 12.0. The zero-order valence-corrected chi connectivity index (χ0v) is 10.9. The predicted molar refractivity (Wildman–Crippen MR) is 64.3 cm³/mol. The van der Waals surface area contributed by atoms with Gasteiger partial charge >= 0.3 is 6.09 Å². The van der Waals surface area contributed by atoms with Crippen LogP contribution in [0.2, 0.25) is 0 Å². The van der Waals surface area contributed by atoms with Crippen LogP contribution in [0.15, 0.2) is 0 Å². The van der Waals surface area contributed by atoms with Crippen molar-refractivity contribution in [3.8, 4) is 0 Å². The van der Waals surface area contributed by atoms with Crippen molar-refractivity contribution in [3.05, 3.63) is 0 Å². The zero-order valence-electron chi connectivity index (χ0n) is 10.9. The van der Waals surface area contributed by atoms with E-state index in [2.05, 4.69) is 6.92 Å².